The number of anilines is 1. The molecule has 1 heterocycles. The first-order valence-corrected chi connectivity index (χ1v) is 14.5. The van der Waals surface area contributed by atoms with Crippen molar-refractivity contribution in [3.05, 3.63) is 64.7 Å². The highest BCUT2D eigenvalue weighted by atomic mass is 16.6. The first-order valence-electron chi connectivity index (χ1n) is 14.5. The van der Waals surface area contributed by atoms with Crippen LogP contribution in [0.5, 0.6) is 0 Å². The number of nitrogens with one attached hydrogen (secondary N) is 1. The number of carbonyl (C=O) groups is 3. The summed E-state index contributed by atoms with van der Waals surface area (Å²) in [6.07, 6.45) is 0.233. The van der Waals surface area contributed by atoms with Crippen LogP contribution in [-0.4, -0.2) is 77.7 Å². The zero-order chi connectivity index (χ0) is 31.0. The van der Waals surface area contributed by atoms with E-state index in [9.17, 15) is 19.6 Å². The molecule has 0 saturated heterocycles. The summed E-state index contributed by atoms with van der Waals surface area (Å²) in [6.45, 7) is 12.8. The molecule has 226 valence electrons. The maximum absolute atomic E-state index is 13.6. The van der Waals surface area contributed by atoms with E-state index in [1.54, 1.807) is 34.0 Å². The number of hydrogen-bond donors (Lipinski definition) is 1. The molecule has 10 heteroatoms. The number of amides is 3. The second kappa shape index (κ2) is 14.2. The van der Waals surface area contributed by atoms with Crippen molar-refractivity contribution in [3.8, 4) is 6.07 Å². The zero-order valence-electron chi connectivity index (χ0n) is 25.9. The molecular weight excluding hydrogens is 532 g/mol. The minimum Gasteiger partial charge on any atom is -0.444 e. The predicted octanol–water partition coefficient (Wildman–Crippen LogP) is 4.08. The number of hydrazine groups is 1. The normalized spacial score (nSPS) is 12.8. The molecule has 0 unspecified atom stereocenters. The van der Waals surface area contributed by atoms with Gasteiger partial charge in [0.25, 0.3) is 5.91 Å². The van der Waals surface area contributed by atoms with Crippen LogP contribution in [0.2, 0.25) is 0 Å². The average Bonchev–Trinajstić information content (AvgIpc) is 3.37. The van der Waals surface area contributed by atoms with Crippen molar-refractivity contribution in [1.82, 2.24) is 20.2 Å². The number of hydrogen-bond acceptors (Lipinski definition) is 7. The summed E-state index contributed by atoms with van der Waals surface area (Å²) in [5.41, 5.74) is 3.81. The number of ether oxygens (including phenoxy) is 1. The van der Waals surface area contributed by atoms with Crippen molar-refractivity contribution in [1.29, 1.82) is 5.26 Å². The molecule has 10 nitrogen and oxygen atoms in total. The van der Waals surface area contributed by atoms with E-state index in [0.29, 0.717) is 30.8 Å². The summed E-state index contributed by atoms with van der Waals surface area (Å²) in [7, 11) is 1.75. The Balaban J connectivity index is 1.72. The highest BCUT2D eigenvalue weighted by molar-refractivity contribution is 5.87. The van der Waals surface area contributed by atoms with Gasteiger partial charge in [0.05, 0.1) is 24.7 Å². The fourth-order valence-electron chi connectivity index (χ4n) is 4.83. The molecule has 1 aliphatic heterocycles. The molecule has 0 radical (unpaired) electrons. The van der Waals surface area contributed by atoms with Gasteiger partial charge in [0.15, 0.2) is 0 Å². The third-order valence-electron chi connectivity index (χ3n) is 7.13. The summed E-state index contributed by atoms with van der Waals surface area (Å²) < 4.78 is 5.51. The van der Waals surface area contributed by atoms with E-state index in [-0.39, 0.29) is 44.0 Å². The fraction of sp³-hybridized carbons (Fsp3) is 0.500. The first-order chi connectivity index (χ1) is 19.8. The van der Waals surface area contributed by atoms with Gasteiger partial charge in [-0.15, -0.1) is 0 Å². The smallest absolute Gasteiger partial charge is 0.410 e. The lowest BCUT2D eigenvalue weighted by atomic mass is 10.1. The van der Waals surface area contributed by atoms with Gasteiger partial charge in [0.2, 0.25) is 5.91 Å². The molecule has 0 bridgehead atoms. The molecule has 0 spiro atoms. The zero-order valence-corrected chi connectivity index (χ0v) is 25.9. The Morgan fingerprint density at radius 1 is 1.07 bits per heavy atom. The monoisotopic (exact) mass is 576 g/mol. The Bertz CT molecular complexity index is 1290. The van der Waals surface area contributed by atoms with Gasteiger partial charge in [-0.1, -0.05) is 37.3 Å². The van der Waals surface area contributed by atoms with Crippen molar-refractivity contribution in [2.45, 2.75) is 72.7 Å². The third-order valence-corrected chi connectivity index (χ3v) is 7.13. The number of fused-ring (bicyclic) bond motifs is 1. The molecule has 0 aliphatic carbocycles. The van der Waals surface area contributed by atoms with Gasteiger partial charge < -0.3 is 19.9 Å². The summed E-state index contributed by atoms with van der Waals surface area (Å²) in [5.74, 6) is -0.465. The molecular formula is C32H44N6O4. The molecule has 0 aromatic heterocycles. The number of nitriles is 1. The van der Waals surface area contributed by atoms with E-state index in [0.717, 1.165) is 5.56 Å². The molecule has 1 N–H and O–H groups in total. The molecule has 0 saturated carbocycles. The maximum atomic E-state index is 13.6. The Morgan fingerprint density at radius 2 is 1.71 bits per heavy atom. The van der Waals surface area contributed by atoms with Crippen LogP contribution in [0.1, 0.15) is 63.8 Å². The van der Waals surface area contributed by atoms with Crippen LogP contribution in [-0.2, 0) is 33.8 Å². The molecule has 2 aromatic carbocycles. The standard InChI is InChI=1S/C32H44N6O4/c1-8-25-14-13-24(18-33)17-28(25)36(22-30(40)35(7)37-19-26-11-9-10-12-27(26)20-37)21-29(39)34-15-16-38(23(2)3)31(41)42-32(4,5)6/h9-14,17,23H,8,15-16,19-22H2,1-7H3,(H,34,39). The quantitative estimate of drug-likeness (QED) is 0.429. The van der Waals surface area contributed by atoms with Gasteiger partial charge in [0.1, 0.15) is 5.60 Å². The van der Waals surface area contributed by atoms with Crippen LogP contribution < -0.4 is 10.2 Å². The van der Waals surface area contributed by atoms with Crippen LogP contribution in [0, 0.1) is 11.3 Å². The van der Waals surface area contributed by atoms with E-state index >= 15 is 0 Å². The molecule has 3 rings (SSSR count). The molecule has 0 atom stereocenters. The molecule has 2 aromatic rings. The largest absolute Gasteiger partial charge is 0.444 e. The van der Waals surface area contributed by atoms with Crippen molar-refractivity contribution >= 4 is 23.6 Å². The van der Waals surface area contributed by atoms with Gasteiger partial charge in [-0.2, -0.15) is 5.26 Å². The van der Waals surface area contributed by atoms with Crippen LogP contribution in [0.3, 0.4) is 0 Å². The summed E-state index contributed by atoms with van der Waals surface area (Å²) in [4.78, 5) is 42.7. The van der Waals surface area contributed by atoms with Crippen molar-refractivity contribution in [2.24, 2.45) is 0 Å². The Kier molecular flexibility index (Phi) is 10.9. The van der Waals surface area contributed by atoms with E-state index in [4.69, 9.17) is 4.74 Å². The third kappa shape index (κ3) is 8.70. The number of likely N-dealkylation sites (N-methyl/N-ethyl adjacent to an activating group) is 1. The van der Waals surface area contributed by atoms with E-state index in [1.807, 2.05) is 64.8 Å². The summed E-state index contributed by atoms with van der Waals surface area (Å²) >= 11 is 0. The number of benzene rings is 2. The lowest BCUT2D eigenvalue weighted by molar-refractivity contribution is -0.145. The van der Waals surface area contributed by atoms with Crippen molar-refractivity contribution in [2.75, 3.05) is 38.1 Å². The SMILES string of the molecule is CCc1ccc(C#N)cc1N(CC(=O)NCCN(C(=O)OC(C)(C)C)C(C)C)CC(=O)N(C)N1Cc2ccccc2C1. The molecule has 0 fully saturated rings. The van der Waals surface area contributed by atoms with Gasteiger partial charge >= 0.3 is 6.09 Å². The van der Waals surface area contributed by atoms with Crippen LogP contribution in [0.4, 0.5) is 10.5 Å². The van der Waals surface area contributed by atoms with Crippen molar-refractivity contribution in [3.63, 3.8) is 0 Å². The van der Waals surface area contributed by atoms with Crippen LogP contribution >= 0.6 is 0 Å². The lowest BCUT2D eigenvalue weighted by Crippen LogP contribution is -2.49. The number of carbonyl (C=O) groups excluding carboxylic acids is 3. The number of aryl methyl sites for hydroxylation is 1. The Morgan fingerprint density at radius 3 is 2.26 bits per heavy atom. The number of nitrogens with zero attached hydrogens (tertiary/aromatic N) is 5. The summed E-state index contributed by atoms with van der Waals surface area (Å²) in [6, 6.07) is 15.5. The molecule has 3 amide bonds. The van der Waals surface area contributed by atoms with E-state index in [2.05, 4.69) is 23.5 Å². The van der Waals surface area contributed by atoms with Gasteiger partial charge in [-0.05, 0) is 69.9 Å². The minimum atomic E-state index is -0.625. The van der Waals surface area contributed by atoms with Crippen molar-refractivity contribution < 1.29 is 19.1 Å². The highest BCUT2D eigenvalue weighted by Crippen LogP contribution is 2.25. The van der Waals surface area contributed by atoms with Crippen LogP contribution in [0.25, 0.3) is 0 Å². The van der Waals surface area contributed by atoms with Gasteiger partial charge in [0, 0.05) is 45.0 Å². The molecule has 42 heavy (non-hydrogen) atoms. The maximum Gasteiger partial charge on any atom is 0.410 e. The second-order valence-electron chi connectivity index (χ2n) is 11.8. The van der Waals surface area contributed by atoms with E-state index < -0.39 is 11.7 Å². The molecule has 1 aliphatic rings. The Labute approximate surface area is 249 Å². The fourth-order valence-corrected chi connectivity index (χ4v) is 4.83. The highest BCUT2D eigenvalue weighted by Gasteiger charge is 2.28. The lowest BCUT2D eigenvalue weighted by Gasteiger charge is -2.32. The average molecular weight is 577 g/mol. The second-order valence-corrected chi connectivity index (χ2v) is 11.8. The number of rotatable bonds is 11. The Hall–Kier alpha value is -4.10. The summed E-state index contributed by atoms with van der Waals surface area (Å²) in [5, 5.41) is 16.0. The minimum absolute atomic E-state index is 0.0469. The topological polar surface area (TPSA) is 109 Å². The predicted molar refractivity (Wildman–Crippen MR) is 162 cm³/mol. The van der Waals surface area contributed by atoms with E-state index in [1.165, 1.54) is 11.1 Å². The van der Waals surface area contributed by atoms with Crippen LogP contribution in [0.15, 0.2) is 42.5 Å². The first kappa shape index (κ1) is 32.4. The van der Waals surface area contributed by atoms with Gasteiger partial charge in [-0.25, -0.2) is 9.80 Å². The van der Waals surface area contributed by atoms with Gasteiger partial charge in [-0.3, -0.25) is 14.6 Å².